The van der Waals surface area contributed by atoms with Crippen LogP contribution in [0.1, 0.15) is 42.7 Å². The number of carbonyl (C=O) groups is 1. The molecular formula is C29H32FN3O2. The number of amides is 1. The predicted molar refractivity (Wildman–Crippen MR) is 138 cm³/mol. The number of hydrogen-bond acceptors (Lipinski definition) is 4. The number of carbonyl (C=O) groups excluding carboxylic acids is 1. The minimum Gasteiger partial charge on any atom is -0.497 e. The lowest BCUT2D eigenvalue weighted by Crippen LogP contribution is -2.29. The van der Waals surface area contributed by atoms with Gasteiger partial charge in [0, 0.05) is 44.0 Å². The molecule has 1 aromatic heterocycles. The van der Waals surface area contributed by atoms with E-state index in [-0.39, 0.29) is 11.7 Å². The zero-order valence-corrected chi connectivity index (χ0v) is 20.9. The van der Waals surface area contributed by atoms with Crippen molar-refractivity contribution in [2.45, 2.75) is 46.7 Å². The van der Waals surface area contributed by atoms with E-state index in [9.17, 15) is 9.18 Å². The van der Waals surface area contributed by atoms with Gasteiger partial charge in [-0.05, 0) is 79.3 Å². The average molecular weight is 474 g/mol. The predicted octanol–water partition coefficient (Wildman–Crippen LogP) is 6.04. The SMILES string of the molecule is C=C(CCc1ncc(-c2ccc(F)c(C)c2)cc1N(CC)C(C)=O)N1Cc2ccc(OC)cc2C1. The van der Waals surface area contributed by atoms with Crippen LogP contribution in [0.15, 0.2) is 60.9 Å². The standard InChI is InChI=1S/C29H32FN3O2/c1-6-33(21(4)34)29-15-24(22-9-11-27(30)19(2)13-22)16-31-28(29)12-7-20(3)32-17-23-8-10-26(35-5)14-25(23)18-32/h8-11,13-16H,3,6-7,12,17-18H2,1-2,4-5H3. The van der Waals surface area contributed by atoms with Gasteiger partial charge in [0.2, 0.25) is 5.91 Å². The number of hydrogen-bond donors (Lipinski definition) is 0. The molecule has 0 saturated heterocycles. The number of aryl methyl sites for hydroxylation is 2. The maximum absolute atomic E-state index is 13.8. The van der Waals surface area contributed by atoms with Crippen LogP contribution in [0.4, 0.5) is 10.1 Å². The normalized spacial score (nSPS) is 12.4. The second-order valence-corrected chi connectivity index (χ2v) is 8.97. The highest BCUT2D eigenvalue weighted by atomic mass is 19.1. The van der Waals surface area contributed by atoms with Crippen LogP contribution in [0.3, 0.4) is 0 Å². The van der Waals surface area contributed by atoms with Crippen molar-refractivity contribution in [3.63, 3.8) is 0 Å². The van der Waals surface area contributed by atoms with Gasteiger partial charge in [-0.2, -0.15) is 0 Å². The van der Waals surface area contributed by atoms with Crippen LogP contribution in [0.25, 0.3) is 11.1 Å². The molecule has 2 heterocycles. The summed E-state index contributed by atoms with van der Waals surface area (Å²) in [5.74, 6) is 0.592. The van der Waals surface area contributed by atoms with Crippen molar-refractivity contribution < 1.29 is 13.9 Å². The molecule has 0 spiro atoms. The summed E-state index contributed by atoms with van der Waals surface area (Å²) in [6.45, 7) is 11.8. The lowest BCUT2D eigenvalue weighted by Gasteiger charge is -2.24. The Morgan fingerprint density at radius 3 is 2.60 bits per heavy atom. The molecule has 0 bridgehead atoms. The molecule has 0 aliphatic carbocycles. The maximum atomic E-state index is 13.8. The number of aromatic nitrogens is 1. The zero-order valence-electron chi connectivity index (χ0n) is 20.9. The number of pyridine rings is 1. The second-order valence-electron chi connectivity index (χ2n) is 8.97. The lowest BCUT2D eigenvalue weighted by atomic mass is 10.0. The number of rotatable bonds is 8. The number of nitrogens with zero attached hydrogens (tertiary/aromatic N) is 3. The number of halogens is 1. The van der Waals surface area contributed by atoms with Crippen LogP contribution in [0.2, 0.25) is 0 Å². The van der Waals surface area contributed by atoms with E-state index in [0.717, 1.165) is 53.5 Å². The number of anilines is 1. The molecule has 3 aromatic rings. The molecule has 0 fully saturated rings. The topological polar surface area (TPSA) is 45.7 Å². The van der Waals surface area contributed by atoms with Gasteiger partial charge in [-0.3, -0.25) is 9.78 Å². The highest BCUT2D eigenvalue weighted by Gasteiger charge is 2.22. The molecule has 6 heteroatoms. The van der Waals surface area contributed by atoms with Crippen molar-refractivity contribution >= 4 is 11.6 Å². The molecule has 0 unspecified atom stereocenters. The number of benzene rings is 2. The molecule has 0 saturated carbocycles. The zero-order chi connectivity index (χ0) is 25.1. The minimum absolute atomic E-state index is 0.0363. The average Bonchev–Trinajstić information content (AvgIpc) is 3.28. The molecule has 5 nitrogen and oxygen atoms in total. The molecule has 35 heavy (non-hydrogen) atoms. The van der Waals surface area contributed by atoms with Crippen LogP contribution in [-0.4, -0.2) is 29.4 Å². The third-order valence-corrected chi connectivity index (χ3v) is 6.66. The maximum Gasteiger partial charge on any atom is 0.223 e. The van der Waals surface area contributed by atoms with E-state index in [2.05, 4.69) is 23.6 Å². The fourth-order valence-corrected chi connectivity index (χ4v) is 4.59. The van der Waals surface area contributed by atoms with Crippen molar-refractivity contribution in [2.75, 3.05) is 18.6 Å². The van der Waals surface area contributed by atoms with E-state index < -0.39 is 0 Å². The Hall–Kier alpha value is -3.67. The van der Waals surface area contributed by atoms with E-state index in [1.54, 1.807) is 38.1 Å². The fraction of sp³-hybridized carbons (Fsp3) is 0.310. The van der Waals surface area contributed by atoms with Gasteiger partial charge in [-0.25, -0.2) is 4.39 Å². The number of ether oxygens (including phenoxy) is 1. The first-order chi connectivity index (χ1) is 16.8. The van der Waals surface area contributed by atoms with Crippen LogP contribution in [-0.2, 0) is 24.3 Å². The van der Waals surface area contributed by atoms with E-state index in [1.165, 1.54) is 17.2 Å². The third kappa shape index (κ3) is 5.21. The summed E-state index contributed by atoms with van der Waals surface area (Å²) in [4.78, 5) is 21.2. The molecule has 2 aromatic carbocycles. The molecule has 1 aliphatic heterocycles. The monoisotopic (exact) mass is 473 g/mol. The van der Waals surface area contributed by atoms with Gasteiger partial charge in [0.25, 0.3) is 0 Å². The smallest absolute Gasteiger partial charge is 0.223 e. The second kappa shape index (κ2) is 10.3. The largest absolute Gasteiger partial charge is 0.497 e. The first kappa shape index (κ1) is 24.5. The highest BCUT2D eigenvalue weighted by Crippen LogP contribution is 2.32. The van der Waals surface area contributed by atoms with Crippen molar-refractivity contribution in [3.8, 4) is 16.9 Å². The third-order valence-electron chi connectivity index (χ3n) is 6.66. The number of methoxy groups -OCH3 is 1. The summed E-state index contributed by atoms with van der Waals surface area (Å²) in [6, 6.07) is 13.2. The first-order valence-electron chi connectivity index (χ1n) is 11.9. The lowest BCUT2D eigenvalue weighted by molar-refractivity contribution is -0.116. The highest BCUT2D eigenvalue weighted by molar-refractivity contribution is 5.92. The van der Waals surface area contributed by atoms with Crippen LogP contribution in [0.5, 0.6) is 5.75 Å². The van der Waals surface area contributed by atoms with Gasteiger partial charge >= 0.3 is 0 Å². The van der Waals surface area contributed by atoms with E-state index in [0.29, 0.717) is 18.5 Å². The van der Waals surface area contributed by atoms with E-state index in [1.807, 2.05) is 25.1 Å². The van der Waals surface area contributed by atoms with Crippen LogP contribution < -0.4 is 9.64 Å². The Labute approximate surface area is 206 Å². The molecule has 4 rings (SSSR count). The quantitative estimate of drug-likeness (QED) is 0.400. The Balaban J connectivity index is 1.55. The summed E-state index contributed by atoms with van der Waals surface area (Å²) in [5, 5.41) is 0. The van der Waals surface area contributed by atoms with Crippen molar-refractivity contribution in [1.29, 1.82) is 0 Å². The van der Waals surface area contributed by atoms with Crippen molar-refractivity contribution in [1.82, 2.24) is 9.88 Å². The van der Waals surface area contributed by atoms with Gasteiger partial charge in [-0.15, -0.1) is 0 Å². The molecule has 0 radical (unpaired) electrons. The van der Waals surface area contributed by atoms with Gasteiger partial charge in [0.05, 0.1) is 18.5 Å². The summed E-state index contributed by atoms with van der Waals surface area (Å²) in [5.41, 5.74) is 7.54. The minimum atomic E-state index is -0.238. The van der Waals surface area contributed by atoms with Crippen molar-refractivity contribution in [3.05, 3.63) is 89.1 Å². The molecule has 182 valence electrons. The molecule has 1 aliphatic rings. The molecule has 0 N–H and O–H groups in total. The van der Waals surface area contributed by atoms with Gasteiger partial charge in [0.1, 0.15) is 11.6 Å². The number of fused-ring (bicyclic) bond motifs is 1. The summed E-state index contributed by atoms with van der Waals surface area (Å²) in [7, 11) is 1.68. The summed E-state index contributed by atoms with van der Waals surface area (Å²) < 4.78 is 19.1. The Morgan fingerprint density at radius 1 is 1.14 bits per heavy atom. The Bertz CT molecular complexity index is 1270. The number of allylic oxidation sites excluding steroid dienone is 1. The van der Waals surface area contributed by atoms with Gasteiger partial charge in [0.15, 0.2) is 0 Å². The molecule has 0 atom stereocenters. The Morgan fingerprint density at radius 2 is 1.91 bits per heavy atom. The van der Waals surface area contributed by atoms with Crippen LogP contribution >= 0.6 is 0 Å². The van der Waals surface area contributed by atoms with Crippen LogP contribution in [0, 0.1) is 12.7 Å². The van der Waals surface area contributed by atoms with Gasteiger partial charge < -0.3 is 14.5 Å². The Kier molecular flexibility index (Phi) is 7.20. The van der Waals surface area contributed by atoms with Crippen molar-refractivity contribution in [2.24, 2.45) is 0 Å². The summed E-state index contributed by atoms with van der Waals surface area (Å²) >= 11 is 0. The molecule has 1 amide bonds. The summed E-state index contributed by atoms with van der Waals surface area (Å²) in [6.07, 6.45) is 3.20. The molecular weight excluding hydrogens is 441 g/mol. The first-order valence-corrected chi connectivity index (χ1v) is 11.9. The fourth-order valence-electron chi connectivity index (χ4n) is 4.59. The van der Waals surface area contributed by atoms with Gasteiger partial charge in [-0.1, -0.05) is 18.7 Å². The van der Waals surface area contributed by atoms with E-state index in [4.69, 9.17) is 9.72 Å². The van der Waals surface area contributed by atoms with E-state index >= 15 is 0 Å².